The molecule has 0 saturated carbocycles. The fraction of sp³-hybridized carbons (Fsp3) is 0.0870. The van der Waals surface area contributed by atoms with Crippen LogP contribution in [0, 0.1) is 0 Å². The van der Waals surface area contributed by atoms with Gasteiger partial charge < -0.3 is 14.2 Å². The van der Waals surface area contributed by atoms with Crippen LogP contribution in [-0.2, 0) is 0 Å². The first-order valence-corrected chi connectivity index (χ1v) is 9.93. The van der Waals surface area contributed by atoms with E-state index in [-0.39, 0.29) is 11.7 Å². The molecule has 158 valence electrons. The van der Waals surface area contributed by atoms with Gasteiger partial charge in [-0.25, -0.2) is 10.2 Å². The van der Waals surface area contributed by atoms with Gasteiger partial charge in [-0.05, 0) is 70.0 Å². The van der Waals surface area contributed by atoms with Gasteiger partial charge in [0.1, 0.15) is 5.75 Å². The zero-order chi connectivity index (χ0) is 22.2. The van der Waals surface area contributed by atoms with E-state index in [0.717, 1.165) is 0 Å². The first-order chi connectivity index (χ1) is 15.0. The maximum absolute atomic E-state index is 12.5. The molecule has 3 aromatic rings. The second-order valence-electron chi connectivity index (χ2n) is 6.22. The second kappa shape index (κ2) is 10.4. The number of methoxy groups -OCH3 is 2. The molecular weight excluding hydrogens is 464 g/mol. The van der Waals surface area contributed by atoms with Crippen molar-refractivity contribution in [1.29, 1.82) is 0 Å². The largest absolute Gasteiger partial charge is 0.497 e. The number of nitrogens with zero attached hydrogens (tertiary/aromatic N) is 1. The molecule has 0 aliphatic rings. The van der Waals surface area contributed by atoms with Gasteiger partial charge in [0.2, 0.25) is 0 Å². The molecule has 0 aromatic heterocycles. The van der Waals surface area contributed by atoms with Crippen molar-refractivity contribution in [1.82, 2.24) is 5.43 Å². The molecule has 0 saturated heterocycles. The predicted octanol–water partition coefficient (Wildman–Crippen LogP) is 4.45. The van der Waals surface area contributed by atoms with Crippen LogP contribution in [0.4, 0.5) is 0 Å². The van der Waals surface area contributed by atoms with Crippen molar-refractivity contribution in [3.05, 3.63) is 87.9 Å². The third-order valence-electron chi connectivity index (χ3n) is 4.19. The summed E-state index contributed by atoms with van der Waals surface area (Å²) in [6.45, 7) is 0. The van der Waals surface area contributed by atoms with E-state index in [4.69, 9.17) is 14.2 Å². The van der Waals surface area contributed by atoms with Crippen molar-refractivity contribution in [2.24, 2.45) is 5.10 Å². The Hall–Kier alpha value is -3.65. The standard InChI is InChI=1S/C23H19BrN2O5/c1-29-18-10-8-17(9-11-18)23(28)31-21-19(24)12-15(13-20(21)30-2)14-25-26-22(27)16-6-4-3-5-7-16/h3-14H,1-2H3,(H,26,27)/b25-14-. The summed E-state index contributed by atoms with van der Waals surface area (Å²) in [6.07, 6.45) is 1.46. The van der Waals surface area contributed by atoms with E-state index in [1.807, 2.05) is 6.07 Å². The summed E-state index contributed by atoms with van der Waals surface area (Å²) in [7, 11) is 3.01. The van der Waals surface area contributed by atoms with Crippen molar-refractivity contribution in [2.75, 3.05) is 14.2 Å². The summed E-state index contributed by atoms with van der Waals surface area (Å²) in [5.74, 6) is 0.324. The number of benzene rings is 3. The molecule has 1 N–H and O–H groups in total. The fourth-order valence-electron chi connectivity index (χ4n) is 2.61. The van der Waals surface area contributed by atoms with E-state index in [2.05, 4.69) is 26.5 Å². The van der Waals surface area contributed by atoms with E-state index >= 15 is 0 Å². The molecule has 1 amide bonds. The average molecular weight is 483 g/mol. The first kappa shape index (κ1) is 22.0. The Morgan fingerprint density at radius 2 is 1.65 bits per heavy atom. The van der Waals surface area contributed by atoms with Crippen LogP contribution < -0.4 is 19.6 Å². The lowest BCUT2D eigenvalue weighted by molar-refractivity contribution is 0.0728. The van der Waals surface area contributed by atoms with E-state index in [1.165, 1.54) is 13.3 Å². The lowest BCUT2D eigenvalue weighted by Gasteiger charge is -2.12. The fourth-order valence-corrected chi connectivity index (χ4v) is 3.15. The molecule has 8 heteroatoms. The van der Waals surface area contributed by atoms with Crippen LogP contribution in [0.2, 0.25) is 0 Å². The van der Waals surface area contributed by atoms with Crippen LogP contribution in [0.3, 0.4) is 0 Å². The molecule has 0 atom stereocenters. The van der Waals surface area contributed by atoms with Gasteiger partial charge >= 0.3 is 5.97 Å². The second-order valence-corrected chi connectivity index (χ2v) is 7.07. The topological polar surface area (TPSA) is 86.2 Å². The highest BCUT2D eigenvalue weighted by Gasteiger charge is 2.17. The summed E-state index contributed by atoms with van der Waals surface area (Å²) in [5, 5.41) is 3.97. The van der Waals surface area contributed by atoms with Crippen LogP contribution in [0.1, 0.15) is 26.3 Å². The monoisotopic (exact) mass is 482 g/mol. The third-order valence-corrected chi connectivity index (χ3v) is 4.78. The minimum absolute atomic E-state index is 0.230. The number of hydrazone groups is 1. The first-order valence-electron chi connectivity index (χ1n) is 9.14. The van der Waals surface area contributed by atoms with Crippen LogP contribution in [0.25, 0.3) is 0 Å². The number of hydrogen-bond acceptors (Lipinski definition) is 6. The number of nitrogens with one attached hydrogen (secondary N) is 1. The Morgan fingerprint density at radius 3 is 2.29 bits per heavy atom. The Bertz CT molecular complexity index is 1100. The normalized spacial score (nSPS) is 10.5. The van der Waals surface area contributed by atoms with Crippen LogP contribution in [-0.4, -0.2) is 32.3 Å². The quantitative estimate of drug-likeness (QED) is 0.232. The van der Waals surface area contributed by atoms with Gasteiger partial charge in [0, 0.05) is 5.56 Å². The average Bonchev–Trinajstić information content (AvgIpc) is 2.81. The van der Waals surface area contributed by atoms with Crippen molar-refractivity contribution in [3.63, 3.8) is 0 Å². The zero-order valence-electron chi connectivity index (χ0n) is 16.8. The molecule has 3 aromatic carbocycles. The highest BCUT2D eigenvalue weighted by Crippen LogP contribution is 2.37. The molecule has 3 rings (SSSR count). The van der Waals surface area contributed by atoms with Gasteiger partial charge in [-0.15, -0.1) is 0 Å². The van der Waals surface area contributed by atoms with Gasteiger partial charge in [0.05, 0.1) is 30.5 Å². The molecule has 31 heavy (non-hydrogen) atoms. The number of hydrogen-bond donors (Lipinski definition) is 1. The Balaban J connectivity index is 1.73. The van der Waals surface area contributed by atoms with Gasteiger partial charge in [-0.3, -0.25) is 4.79 Å². The van der Waals surface area contributed by atoms with Gasteiger partial charge in [-0.2, -0.15) is 5.10 Å². The SMILES string of the molecule is COc1ccc(C(=O)Oc2c(Br)cc(/C=N\NC(=O)c3ccccc3)cc2OC)cc1. The molecule has 0 aliphatic heterocycles. The molecule has 0 heterocycles. The highest BCUT2D eigenvalue weighted by molar-refractivity contribution is 9.10. The lowest BCUT2D eigenvalue weighted by Crippen LogP contribution is -2.17. The van der Waals surface area contributed by atoms with Gasteiger partial charge in [0.15, 0.2) is 11.5 Å². The minimum atomic E-state index is -0.543. The van der Waals surface area contributed by atoms with E-state index in [9.17, 15) is 9.59 Å². The summed E-state index contributed by atoms with van der Waals surface area (Å²) in [6, 6.07) is 18.6. The van der Waals surface area contributed by atoms with Crippen molar-refractivity contribution in [3.8, 4) is 17.2 Å². The summed E-state index contributed by atoms with van der Waals surface area (Å²) >= 11 is 3.39. The zero-order valence-corrected chi connectivity index (χ0v) is 18.4. The van der Waals surface area contributed by atoms with Crippen molar-refractivity contribution < 1.29 is 23.8 Å². The number of carbonyl (C=O) groups excluding carboxylic acids is 2. The van der Waals surface area contributed by atoms with Crippen molar-refractivity contribution >= 4 is 34.0 Å². The van der Waals surface area contributed by atoms with Gasteiger partial charge in [0.25, 0.3) is 5.91 Å². The molecule has 0 fully saturated rings. The molecule has 0 spiro atoms. The number of rotatable bonds is 7. The summed E-state index contributed by atoms with van der Waals surface area (Å²) in [4.78, 5) is 24.5. The van der Waals surface area contributed by atoms with E-state index in [0.29, 0.717) is 32.7 Å². The molecule has 0 aliphatic carbocycles. The summed E-state index contributed by atoms with van der Waals surface area (Å²) in [5.41, 5.74) is 3.95. The molecular formula is C23H19BrN2O5. The predicted molar refractivity (Wildman–Crippen MR) is 120 cm³/mol. The van der Waals surface area contributed by atoms with Crippen LogP contribution in [0.5, 0.6) is 17.2 Å². The Labute approximate surface area is 187 Å². The van der Waals surface area contributed by atoms with E-state index < -0.39 is 5.97 Å². The molecule has 0 unspecified atom stereocenters. The smallest absolute Gasteiger partial charge is 0.343 e. The Morgan fingerprint density at radius 1 is 0.935 bits per heavy atom. The summed E-state index contributed by atoms with van der Waals surface area (Å²) < 4.78 is 16.5. The highest BCUT2D eigenvalue weighted by atomic mass is 79.9. The third kappa shape index (κ3) is 5.70. The number of esters is 1. The number of carbonyl (C=O) groups is 2. The van der Waals surface area contributed by atoms with Crippen LogP contribution in [0.15, 0.2) is 76.3 Å². The van der Waals surface area contributed by atoms with Crippen LogP contribution >= 0.6 is 15.9 Å². The molecule has 7 nitrogen and oxygen atoms in total. The molecule has 0 radical (unpaired) electrons. The number of halogens is 1. The van der Waals surface area contributed by atoms with Crippen molar-refractivity contribution in [2.45, 2.75) is 0 Å². The number of ether oxygens (including phenoxy) is 3. The lowest BCUT2D eigenvalue weighted by atomic mass is 10.2. The number of amides is 1. The van der Waals surface area contributed by atoms with E-state index in [1.54, 1.807) is 67.8 Å². The minimum Gasteiger partial charge on any atom is -0.497 e. The molecule has 0 bridgehead atoms. The maximum Gasteiger partial charge on any atom is 0.343 e. The van der Waals surface area contributed by atoms with Gasteiger partial charge in [-0.1, -0.05) is 18.2 Å². The Kier molecular flexibility index (Phi) is 7.40. The maximum atomic E-state index is 12.5.